The summed E-state index contributed by atoms with van der Waals surface area (Å²) in [5.74, 6) is 0. The standard InChI is InChI=1S/C14H17ClN4O/c1-9(2)19-14(20)13(15)12(8-17-19)16-7-11-6-4-5-10(3)18-11/h4-6,8-9,16H,7H2,1-3H3. The van der Waals surface area contributed by atoms with Crippen molar-refractivity contribution in [1.82, 2.24) is 14.8 Å². The Morgan fingerprint density at radius 1 is 1.40 bits per heavy atom. The fraction of sp³-hybridized carbons (Fsp3) is 0.357. The molecule has 2 heterocycles. The minimum Gasteiger partial charge on any atom is -0.377 e. The Balaban J connectivity index is 2.19. The van der Waals surface area contributed by atoms with Crippen LogP contribution in [0, 0.1) is 6.92 Å². The van der Waals surface area contributed by atoms with Gasteiger partial charge in [-0.25, -0.2) is 4.68 Å². The SMILES string of the molecule is Cc1cccc(CNc2cnn(C(C)C)c(=O)c2Cl)n1. The highest BCUT2D eigenvalue weighted by molar-refractivity contribution is 6.32. The maximum absolute atomic E-state index is 12.0. The van der Waals surface area contributed by atoms with Crippen molar-refractivity contribution in [2.24, 2.45) is 0 Å². The number of aromatic nitrogens is 3. The second kappa shape index (κ2) is 6.05. The number of hydrogen-bond donors (Lipinski definition) is 1. The zero-order valence-electron chi connectivity index (χ0n) is 11.7. The van der Waals surface area contributed by atoms with Crippen LogP contribution in [0.4, 0.5) is 5.69 Å². The Hall–Kier alpha value is -1.88. The van der Waals surface area contributed by atoms with Crippen LogP contribution in [0.15, 0.2) is 29.2 Å². The smallest absolute Gasteiger partial charge is 0.287 e. The van der Waals surface area contributed by atoms with E-state index < -0.39 is 0 Å². The monoisotopic (exact) mass is 292 g/mol. The number of rotatable bonds is 4. The van der Waals surface area contributed by atoms with E-state index >= 15 is 0 Å². The van der Waals surface area contributed by atoms with E-state index in [-0.39, 0.29) is 16.6 Å². The average molecular weight is 293 g/mol. The topological polar surface area (TPSA) is 59.8 Å². The molecule has 0 aliphatic carbocycles. The second-order valence-corrected chi connectivity index (χ2v) is 5.22. The van der Waals surface area contributed by atoms with E-state index in [1.807, 2.05) is 39.0 Å². The fourth-order valence-corrected chi connectivity index (χ4v) is 2.02. The molecule has 6 heteroatoms. The van der Waals surface area contributed by atoms with Crippen LogP contribution in [-0.2, 0) is 6.54 Å². The lowest BCUT2D eigenvalue weighted by Crippen LogP contribution is -2.25. The van der Waals surface area contributed by atoms with E-state index in [4.69, 9.17) is 11.6 Å². The summed E-state index contributed by atoms with van der Waals surface area (Å²) in [5.41, 5.74) is 2.07. The van der Waals surface area contributed by atoms with Crippen molar-refractivity contribution in [3.8, 4) is 0 Å². The molecule has 0 spiro atoms. The van der Waals surface area contributed by atoms with Crippen LogP contribution in [-0.4, -0.2) is 14.8 Å². The van der Waals surface area contributed by atoms with Crippen molar-refractivity contribution in [3.63, 3.8) is 0 Å². The van der Waals surface area contributed by atoms with Gasteiger partial charge in [-0.15, -0.1) is 0 Å². The largest absolute Gasteiger partial charge is 0.377 e. The van der Waals surface area contributed by atoms with E-state index in [1.165, 1.54) is 4.68 Å². The molecule has 0 unspecified atom stereocenters. The van der Waals surface area contributed by atoms with Crippen molar-refractivity contribution in [1.29, 1.82) is 0 Å². The average Bonchev–Trinajstić information content (AvgIpc) is 2.40. The summed E-state index contributed by atoms with van der Waals surface area (Å²) in [6.45, 7) is 6.19. The lowest BCUT2D eigenvalue weighted by atomic mass is 10.3. The van der Waals surface area contributed by atoms with Crippen LogP contribution in [0.25, 0.3) is 0 Å². The van der Waals surface area contributed by atoms with Crippen molar-refractivity contribution >= 4 is 17.3 Å². The molecule has 0 atom stereocenters. The van der Waals surface area contributed by atoms with E-state index in [2.05, 4.69) is 15.4 Å². The Labute approximate surface area is 122 Å². The minimum atomic E-state index is -0.288. The van der Waals surface area contributed by atoms with Gasteiger partial charge in [0.15, 0.2) is 0 Å². The Morgan fingerprint density at radius 2 is 2.15 bits per heavy atom. The van der Waals surface area contributed by atoms with Crippen molar-refractivity contribution in [2.75, 3.05) is 5.32 Å². The zero-order chi connectivity index (χ0) is 14.7. The molecule has 0 amide bonds. The van der Waals surface area contributed by atoms with E-state index in [9.17, 15) is 4.79 Å². The molecule has 0 saturated heterocycles. The second-order valence-electron chi connectivity index (χ2n) is 4.84. The van der Waals surface area contributed by atoms with Gasteiger partial charge in [-0.1, -0.05) is 17.7 Å². The third-order valence-corrected chi connectivity index (χ3v) is 3.20. The highest BCUT2D eigenvalue weighted by atomic mass is 35.5. The first-order valence-corrected chi connectivity index (χ1v) is 6.80. The van der Waals surface area contributed by atoms with Crippen LogP contribution in [0.3, 0.4) is 0 Å². The Morgan fingerprint density at radius 3 is 2.80 bits per heavy atom. The maximum atomic E-state index is 12.0. The predicted octanol–water partition coefficient (Wildman–Crippen LogP) is 2.79. The first-order chi connectivity index (χ1) is 9.49. The van der Waals surface area contributed by atoms with Crippen molar-refractivity contribution in [3.05, 3.63) is 51.2 Å². The summed E-state index contributed by atoms with van der Waals surface area (Å²) in [6, 6.07) is 5.77. The predicted molar refractivity (Wildman–Crippen MR) is 80.2 cm³/mol. The summed E-state index contributed by atoms with van der Waals surface area (Å²) in [7, 11) is 0. The number of anilines is 1. The van der Waals surface area contributed by atoms with Crippen LogP contribution in [0.5, 0.6) is 0 Å². The summed E-state index contributed by atoms with van der Waals surface area (Å²) >= 11 is 6.08. The highest BCUT2D eigenvalue weighted by Gasteiger charge is 2.11. The molecular weight excluding hydrogens is 276 g/mol. The molecule has 0 bridgehead atoms. The van der Waals surface area contributed by atoms with Crippen LogP contribution in [0.1, 0.15) is 31.3 Å². The molecule has 1 N–H and O–H groups in total. The summed E-state index contributed by atoms with van der Waals surface area (Å²) in [6.07, 6.45) is 1.57. The number of nitrogens with zero attached hydrogens (tertiary/aromatic N) is 3. The third kappa shape index (κ3) is 3.17. The van der Waals surface area contributed by atoms with Gasteiger partial charge in [0, 0.05) is 5.69 Å². The normalized spacial score (nSPS) is 10.8. The highest BCUT2D eigenvalue weighted by Crippen LogP contribution is 2.17. The van der Waals surface area contributed by atoms with Gasteiger partial charge in [0.2, 0.25) is 0 Å². The third-order valence-electron chi connectivity index (χ3n) is 2.84. The molecule has 2 rings (SSSR count). The lowest BCUT2D eigenvalue weighted by molar-refractivity contribution is 0.503. The molecular formula is C14H17ClN4O. The summed E-state index contributed by atoms with van der Waals surface area (Å²) in [4.78, 5) is 16.4. The van der Waals surface area contributed by atoms with E-state index in [1.54, 1.807) is 6.20 Å². The van der Waals surface area contributed by atoms with Gasteiger partial charge in [-0.2, -0.15) is 5.10 Å². The van der Waals surface area contributed by atoms with E-state index in [0.29, 0.717) is 12.2 Å². The van der Waals surface area contributed by atoms with Gasteiger partial charge in [-0.05, 0) is 32.9 Å². The molecule has 2 aromatic rings. The van der Waals surface area contributed by atoms with Gasteiger partial charge in [0.1, 0.15) is 5.02 Å². The molecule has 0 aromatic carbocycles. The minimum absolute atomic E-state index is 0.0208. The van der Waals surface area contributed by atoms with Gasteiger partial charge in [0.05, 0.1) is 30.2 Å². The molecule has 5 nitrogen and oxygen atoms in total. The Kier molecular flexibility index (Phi) is 4.39. The fourth-order valence-electron chi connectivity index (χ4n) is 1.82. The van der Waals surface area contributed by atoms with Gasteiger partial charge in [-0.3, -0.25) is 9.78 Å². The number of aryl methyl sites for hydroxylation is 1. The molecule has 2 aromatic heterocycles. The van der Waals surface area contributed by atoms with Crippen LogP contribution < -0.4 is 10.9 Å². The van der Waals surface area contributed by atoms with Crippen molar-refractivity contribution < 1.29 is 0 Å². The lowest BCUT2D eigenvalue weighted by Gasteiger charge is -2.12. The van der Waals surface area contributed by atoms with Crippen LogP contribution >= 0.6 is 11.6 Å². The number of nitrogens with one attached hydrogen (secondary N) is 1. The summed E-state index contributed by atoms with van der Waals surface area (Å²) < 4.78 is 1.36. The quantitative estimate of drug-likeness (QED) is 0.941. The first-order valence-electron chi connectivity index (χ1n) is 6.42. The van der Waals surface area contributed by atoms with Gasteiger partial charge in [0.25, 0.3) is 5.56 Å². The van der Waals surface area contributed by atoms with E-state index in [0.717, 1.165) is 11.4 Å². The molecule has 0 saturated carbocycles. The Bertz CT molecular complexity index is 666. The molecule has 20 heavy (non-hydrogen) atoms. The number of pyridine rings is 1. The first kappa shape index (κ1) is 14.5. The molecule has 0 fully saturated rings. The number of hydrogen-bond acceptors (Lipinski definition) is 4. The zero-order valence-corrected chi connectivity index (χ0v) is 12.5. The van der Waals surface area contributed by atoms with Gasteiger partial charge < -0.3 is 5.32 Å². The molecule has 0 aliphatic rings. The summed E-state index contributed by atoms with van der Waals surface area (Å²) in [5, 5.41) is 7.35. The molecule has 0 aliphatic heterocycles. The number of halogens is 1. The molecule has 106 valence electrons. The maximum Gasteiger partial charge on any atom is 0.287 e. The van der Waals surface area contributed by atoms with Crippen molar-refractivity contribution in [2.45, 2.75) is 33.4 Å². The van der Waals surface area contributed by atoms with Crippen LogP contribution in [0.2, 0.25) is 5.02 Å². The van der Waals surface area contributed by atoms with Gasteiger partial charge >= 0.3 is 0 Å². The molecule has 0 radical (unpaired) electrons.